The Balaban J connectivity index is 4.84. The van der Waals surface area contributed by atoms with Crippen LogP contribution in [-0.2, 0) is 11.4 Å². The quantitative estimate of drug-likeness (QED) is 0.559. The van der Waals surface area contributed by atoms with Crippen molar-refractivity contribution in [3.63, 3.8) is 0 Å². The Morgan fingerprint density at radius 1 is 1.41 bits per heavy atom. The van der Waals surface area contributed by atoms with Crippen LogP contribution in [0.3, 0.4) is 0 Å². The molecule has 1 atom stereocenters. The minimum atomic E-state index is -1.22. The third-order valence-electron chi connectivity index (χ3n) is 2.15. The third-order valence-corrected chi connectivity index (χ3v) is 3.50. The topological polar surface area (TPSA) is 38.7 Å². The van der Waals surface area contributed by atoms with Crippen LogP contribution in [0, 0.1) is 0 Å². The molecular formula is C13H24N2OS. The lowest BCUT2D eigenvalue weighted by Gasteiger charge is -2.25. The summed E-state index contributed by atoms with van der Waals surface area (Å²) in [7, 11) is 0. The third kappa shape index (κ3) is 5.41. The van der Waals surface area contributed by atoms with Gasteiger partial charge in [0.2, 0.25) is 0 Å². The van der Waals surface area contributed by atoms with Gasteiger partial charge in [0.15, 0.2) is 0 Å². The van der Waals surface area contributed by atoms with E-state index < -0.39 is 11.4 Å². The smallest absolute Gasteiger partial charge is 0.144 e. The molecule has 0 saturated heterocycles. The average molecular weight is 256 g/mol. The SMILES string of the molecule is C=CN(/C(C=N[S+]([O-])C(C)(C)C)=C\C)C(C)C. The second-order valence-electron chi connectivity index (χ2n) is 4.99. The highest BCUT2D eigenvalue weighted by atomic mass is 32.2. The summed E-state index contributed by atoms with van der Waals surface area (Å²) < 4.78 is 15.6. The number of allylic oxidation sites excluding steroid dienone is 2. The lowest BCUT2D eigenvalue weighted by Crippen LogP contribution is -2.28. The van der Waals surface area contributed by atoms with E-state index in [-0.39, 0.29) is 4.75 Å². The van der Waals surface area contributed by atoms with Crippen molar-refractivity contribution in [2.24, 2.45) is 4.40 Å². The van der Waals surface area contributed by atoms with Crippen LogP contribution in [0.1, 0.15) is 41.5 Å². The molecule has 0 fully saturated rings. The van der Waals surface area contributed by atoms with Gasteiger partial charge in [-0.3, -0.25) is 0 Å². The fourth-order valence-corrected chi connectivity index (χ4v) is 1.68. The van der Waals surface area contributed by atoms with Crippen LogP contribution in [0.4, 0.5) is 0 Å². The first-order chi connectivity index (χ1) is 7.73. The number of hydrogen-bond donors (Lipinski definition) is 0. The first-order valence-corrected chi connectivity index (χ1v) is 6.88. The summed E-state index contributed by atoms with van der Waals surface area (Å²) >= 11 is -1.22. The second kappa shape index (κ2) is 6.87. The Labute approximate surface area is 109 Å². The maximum absolute atomic E-state index is 11.8. The summed E-state index contributed by atoms with van der Waals surface area (Å²) in [6.07, 6.45) is 5.35. The first kappa shape index (κ1) is 16.3. The second-order valence-corrected chi connectivity index (χ2v) is 6.93. The van der Waals surface area contributed by atoms with Crippen LogP contribution in [0.2, 0.25) is 0 Å². The lowest BCUT2D eigenvalue weighted by atomic mass is 10.3. The van der Waals surface area contributed by atoms with Gasteiger partial charge < -0.3 is 9.45 Å². The van der Waals surface area contributed by atoms with Crippen molar-refractivity contribution < 1.29 is 4.55 Å². The number of rotatable bonds is 5. The summed E-state index contributed by atoms with van der Waals surface area (Å²) in [4.78, 5) is 1.99. The predicted molar refractivity (Wildman–Crippen MR) is 77.3 cm³/mol. The van der Waals surface area contributed by atoms with Gasteiger partial charge in [0.25, 0.3) is 0 Å². The molecule has 1 unspecified atom stereocenters. The molecule has 0 rings (SSSR count). The van der Waals surface area contributed by atoms with Crippen molar-refractivity contribution >= 4 is 17.6 Å². The van der Waals surface area contributed by atoms with Gasteiger partial charge in [-0.25, -0.2) is 0 Å². The lowest BCUT2D eigenvalue weighted by molar-refractivity contribution is 0.403. The summed E-state index contributed by atoms with van der Waals surface area (Å²) in [6, 6.07) is 0.299. The van der Waals surface area contributed by atoms with E-state index in [1.54, 1.807) is 12.4 Å². The minimum Gasteiger partial charge on any atom is -0.591 e. The standard InChI is InChI=1S/C13H24N2OS/c1-8-12(15(9-2)11(3)4)10-14-17(16)13(5,6)7/h8-11H,2H2,1,3-7H3/b12-8-,14-10?. The maximum Gasteiger partial charge on any atom is 0.144 e. The van der Waals surface area contributed by atoms with Crippen LogP contribution in [-0.4, -0.2) is 26.5 Å². The molecule has 17 heavy (non-hydrogen) atoms. The van der Waals surface area contributed by atoms with E-state index in [0.29, 0.717) is 6.04 Å². The highest BCUT2D eigenvalue weighted by molar-refractivity contribution is 7.91. The van der Waals surface area contributed by atoms with Gasteiger partial charge in [-0.2, -0.15) is 0 Å². The van der Waals surface area contributed by atoms with Crippen LogP contribution in [0.15, 0.2) is 28.9 Å². The largest absolute Gasteiger partial charge is 0.591 e. The molecule has 0 spiro atoms. The Morgan fingerprint density at radius 2 is 1.94 bits per heavy atom. The first-order valence-electron chi connectivity index (χ1n) is 5.77. The molecule has 0 aliphatic rings. The van der Waals surface area contributed by atoms with Crippen molar-refractivity contribution in [2.45, 2.75) is 52.3 Å². The van der Waals surface area contributed by atoms with Crippen molar-refractivity contribution in [2.75, 3.05) is 0 Å². The predicted octanol–water partition coefficient (Wildman–Crippen LogP) is 3.28. The molecule has 4 heteroatoms. The van der Waals surface area contributed by atoms with E-state index >= 15 is 0 Å². The molecule has 0 aliphatic carbocycles. The van der Waals surface area contributed by atoms with E-state index in [0.717, 1.165) is 5.70 Å². The summed E-state index contributed by atoms with van der Waals surface area (Å²) in [6.45, 7) is 15.6. The van der Waals surface area contributed by atoms with Gasteiger partial charge in [0.1, 0.15) is 22.3 Å². The van der Waals surface area contributed by atoms with Crippen molar-refractivity contribution in [3.8, 4) is 0 Å². The number of hydrogen-bond acceptors (Lipinski definition) is 3. The molecule has 3 nitrogen and oxygen atoms in total. The molecule has 0 aliphatic heterocycles. The molecule has 0 radical (unpaired) electrons. The van der Waals surface area contributed by atoms with E-state index in [1.165, 1.54) is 0 Å². The van der Waals surface area contributed by atoms with Gasteiger partial charge in [-0.05, 0) is 47.7 Å². The summed E-state index contributed by atoms with van der Waals surface area (Å²) in [5.41, 5.74) is 0.910. The van der Waals surface area contributed by atoms with Crippen LogP contribution >= 0.6 is 0 Å². The molecule has 0 N–H and O–H groups in total. The van der Waals surface area contributed by atoms with Crippen LogP contribution in [0.5, 0.6) is 0 Å². The molecule has 0 saturated carbocycles. The fourth-order valence-electron chi connectivity index (χ4n) is 1.16. The van der Waals surface area contributed by atoms with Gasteiger partial charge >= 0.3 is 0 Å². The van der Waals surface area contributed by atoms with Gasteiger partial charge in [-0.15, -0.1) is 0 Å². The van der Waals surface area contributed by atoms with E-state index in [1.807, 2.05) is 38.7 Å². The highest BCUT2D eigenvalue weighted by Crippen LogP contribution is 2.17. The Hall–Kier alpha value is -0.740. The minimum absolute atomic E-state index is 0.299. The molecule has 0 aromatic carbocycles. The molecule has 0 amide bonds. The van der Waals surface area contributed by atoms with E-state index in [4.69, 9.17) is 0 Å². The molecule has 0 aromatic heterocycles. The highest BCUT2D eigenvalue weighted by Gasteiger charge is 2.26. The summed E-state index contributed by atoms with van der Waals surface area (Å²) in [5, 5.41) is 0. The Kier molecular flexibility index (Phi) is 6.57. The van der Waals surface area contributed by atoms with Crippen LogP contribution in [0.25, 0.3) is 0 Å². The molecule has 0 bridgehead atoms. The van der Waals surface area contributed by atoms with Crippen LogP contribution < -0.4 is 0 Å². The van der Waals surface area contributed by atoms with Crippen molar-refractivity contribution in [1.82, 2.24) is 4.90 Å². The zero-order valence-corrected chi connectivity index (χ0v) is 12.5. The zero-order valence-electron chi connectivity index (χ0n) is 11.7. The van der Waals surface area contributed by atoms with Crippen molar-refractivity contribution in [3.05, 3.63) is 24.6 Å². The van der Waals surface area contributed by atoms with Gasteiger partial charge in [0.05, 0.1) is 5.70 Å². The number of nitrogens with zero attached hydrogens (tertiary/aromatic N) is 2. The normalized spacial score (nSPS) is 15.4. The summed E-state index contributed by atoms with van der Waals surface area (Å²) in [5.74, 6) is 0. The molecule has 0 heterocycles. The molecule has 98 valence electrons. The Morgan fingerprint density at radius 3 is 2.24 bits per heavy atom. The maximum atomic E-state index is 11.8. The van der Waals surface area contributed by atoms with E-state index in [9.17, 15) is 4.55 Å². The monoisotopic (exact) mass is 256 g/mol. The van der Waals surface area contributed by atoms with Crippen molar-refractivity contribution in [1.29, 1.82) is 0 Å². The molecule has 0 aromatic rings. The van der Waals surface area contributed by atoms with Gasteiger partial charge in [-0.1, -0.05) is 17.1 Å². The molecular weight excluding hydrogens is 232 g/mol. The van der Waals surface area contributed by atoms with E-state index in [2.05, 4.69) is 24.8 Å². The fraction of sp³-hybridized carbons (Fsp3) is 0.615. The average Bonchev–Trinajstić information content (AvgIpc) is 2.21. The van der Waals surface area contributed by atoms with Gasteiger partial charge in [0, 0.05) is 6.04 Å². The Bertz CT molecular complexity index is 303. The zero-order chi connectivity index (χ0) is 13.6.